The zero-order valence-corrected chi connectivity index (χ0v) is 22.0. The van der Waals surface area contributed by atoms with Crippen molar-refractivity contribution in [3.63, 3.8) is 0 Å². The van der Waals surface area contributed by atoms with Crippen LogP contribution in [-0.4, -0.2) is 59.3 Å². The molecule has 2 unspecified atom stereocenters. The molecule has 3 aromatic carbocycles. The Morgan fingerprint density at radius 1 is 1.05 bits per heavy atom. The molecule has 4 rings (SSSR count). The molecule has 0 aromatic heterocycles. The molecular weight excluding hydrogens is 466 g/mol. The Labute approximate surface area is 219 Å². The molecule has 1 aliphatic heterocycles. The van der Waals surface area contributed by atoms with E-state index >= 15 is 0 Å². The van der Waals surface area contributed by atoms with E-state index in [1.165, 1.54) is 0 Å². The minimum absolute atomic E-state index is 0.00665. The molecule has 7 heteroatoms. The van der Waals surface area contributed by atoms with Gasteiger partial charge in [0.25, 0.3) is 5.91 Å². The van der Waals surface area contributed by atoms with Crippen LogP contribution in [0, 0.1) is 12.8 Å². The Kier molecular flexibility index (Phi) is 8.24. The maximum absolute atomic E-state index is 13.1. The zero-order chi connectivity index (χ0) is 26.5. The minimum Gasteiger partial charge on any atom is -0.508 e. The summed E-state index contributed by atoms with van der Waals surface area (Å²) >= 11 is 0. The predicted molar refractivity (Wildman–Crippen MR) is 147 cm³/mol. The summed E-state index contributed by atoms with van der Waals surface area (Å²) in [6.45, 7) is 11.8. The Balaban J connectivity index is 1.34. The zero-order valence-electron chi connectivity index (χ0n) is 22.0. The SMILES string of the molecule is Cc1ccc(O)c(Oc2ccc(C(=O)NC(CN3CCN(c4cccc(O)c4)C(C)C3)C(C)C)cc2)c1. The number of benzene rings is 3. The number of carbonyl (C=O) groups is 1. The second-order valence-electron chi connectivity index (χ2n) is 10.2. The number of aryl methyl sites for hydroxylation is 1. The first-order chi connectivity index (χ1) is 17.7. The van der Waals surface area contributed by atoms with Gasteiger partial charge >= 0.3 is 0 Å². The van der Waals surface area contributed by atoms with E-state index < -0.39 is 0 Å². The third-order valence-electron chi connectivity index (χ3n) is 6.91. The van der Waals surface area contributed by atoms with Crippen molar-refractivity contribution in [1.82, 2.24) is 10.2 Å². The van der Waals surface area contributed by atoms with Crippen LogP contribution in [0.15, 0.2) is 66.7 Å². The molecular formula is C30H37N3O4. The largest absolute Gasteiger partial charge is 0.508 e. The van der Waals surface area contributed by atoms with Gasteiger partial charge in [0.2, 0.25) is 0 Å². The number of amides is 1. The quantitative estimate of drug-likeness (QED) is 0.394. The Bertz CT molecular complexity index is 1210. The summed E-state index contributed by atoms with van der Waals surface area (Å²) in [6.07, 6.45) is 0. The first kappa shape index (κ1) is 26.4. The molecule has 1 amide bonds. The number of nitrogens with one attached hydrogen (secondary N) is 1. The molecule has 0 aliphatic carbocycles. The number of nitrogens with zero attached hydrogens (tertiary/aromatic N) is 2. The lowest BCUT2D eigenvalue weighted by Gasteiger charge is -2.42. The standard InChI is InChI=1S/C30H37N3O4/c1-20(2)27(19-32-14-15-33(22(4)18-32)24-6-5-7-25(34)17-24)31-30(36)23-9-11-26(12-10-23)37-29-16-21(3)8-13-28(29)35/h5-13,16-17,20,22,27,34-35H,14-15,18-19H2,1-4H3,(H,31,36). The second kappa shape index (κ2) is 11.6. The highest BCUT2D eigenvalue weighted by Crippen LogP contribution is 2.31. The first-order valence-corrected chi connectivity index (χ1v) is 12.9. The van der Waals surface area contributed by atoms with E-state index in [1.54, 1.807) is 42.5 Å². The van der Waals surface area contributed by atoms with Crippen LogP contribution in [0.25, 0.3) is 0 Å². The van der Waals surface area contributed by atoms with Crippen LogP contribution < -0.4 is 15.0 Å². The van der Waals surface area contributed by atoms with Gasteiger partial charge in [-0.3, -0.25) is 9.69 Å². The van der Waals surface area contributed by atoms with Crippen LogP contribution >= 0.6 is 0 Å². The molecule has 1 heterocycles. The highest BCUT2D eigenvalue weighted by atomic mass is 16.5. The highest BCUT2D eigenvalue weighted by Gasteiger charge is 2.27. The van der Waals surface area contributed by atoms with Gasteiger partial charge in [-0.2, -0.15) is 0 Å². The fraction of sp³-hybridized carbons (Fsp3) is 0.367. The van der Waals surface area contributed by atoms with Crippen LogP contribution in [0.3, 0.4) is 0 Å². The summed E-state index contributed by atoms with van der Waals surface area (Å²) in [5.74, 6) is 1.45. The van der Waals surface area contributed by atoms with E-state index in [0.717, 1.165) is 37.4 Å². The maximum Gasteiger partial charge on any atom is 0.251 e. The average Bonchev–Trinajstić information content (AvgIpc) is 2.86. The van der Waals surface area contributed by atoms with Crippen molar-refractivity contribution in [2.75, 3.05) is 31.1 Å². The molecule has 0 bridgehead atoms. The normalized spacial score (nSPS) is 17.0. The Morgan fingerprint density at radius 3 is 2.49 bits per heavy atom. The van der Waals surface area contributed by atoms with Gasteiger partial charge in [-0.1, -0.05) is 26.0 Å². The molecule has 1 fully saturated rings. The van der Waals surface area contributed by atoms with E-state index in [2.05, 4.69) is 35.9 Å². The van der Waals surface area contributed by atoms with Gasteiger partial charge < -0.3 is 25.2 Å². The summed E-state index contributed by atoms with van der Waals surface area (Å²) in [5, 5.41) is 23.1. The van der Waals surface area contributed by atoms with E-state index in [9.17, 15) is 15.0 Å². The first-order valence-electron chi connectivity index (χ1n) is 12.9. The lowest BCUT2D eigenvalue weighted by Crippen LogP contribution is -2.56. The molecule has 1 aliphatic rings. The number of rotatable bonds is 8. The van der Waals surface area contributed by atoms with Crippen LogP contribution in [0.1, 0.15) is 36.7 Å². The van der Waals surface area contributed by atoms with E-state index in [4.69, 9.17) is 4.74 Å². The predicted octanol–water partition coefficient (Wildman–Crippen LogP) is 5.16. The molecule has 3 aromatic rings. The van der Waals surface area contributed by atoms with Gasteiger partial charge in [0.15, 0.2) is 11.5 Å². The smallest absolute Gasteiger partial charge is 0.251 e. The Morgan fingerprint density at radius 2 is 1.81 bits per heavy atom. The van der Waals surface area contributed by atoms with Crippen molar-refractivity contribution >= 4 is 11.6 Å². The van der Waals surface area contributed by atoms with E-state index in [1.807, 2.05) is 31.2 Å². The number of hydrogen-bond donors (Lipinski definition) is 3. The molecule has 0 saturated carbocycles. The Hall–Kier alpha value is -3.71. The number of anilines is 1. The molecule has 3 N–H and O–H groups in total. The summed E-state index contributed by atoms with van der Waals surface area (Å²) < 4.78 is 5.80. The van der Waals surface area contributed by atoms with Crippen molar-refractivity contribution < 1.29 is 19.7 Å². The fourth-order valence-corrected chi connectivity index (χ4v) is 4.71. The summed E-state index contributed by atoms with van der Waals surface area (Å²) in [7, 11) is 0. The van der Waals surface area contributed by atoms with Crippen LogP contribution in [0.5, 0.6) is 23.0 Å². The molecule has 1 saturated heterocycles. The lowest BCUT2D eigenvalue weighted by molar-refractivity contribution is 0.0903. The van der Waals surface area contributed by atoms with Crippen LogP contribution in [0.2, 0.25) is 0 Å². The number of carbonyl (C=O) groups excluding carboxylic acids is 1. The van der Waals surface area contributed by atoms with Gasteiger partial charge in [-0.05, 0) is 73.9 Å². The summed E-state index contributed by atoms with van der Waals surface area (Å²) in [4.78, 5) is 17.8. The van der Waals surface area contributed by atoms with Gasteiger partial charge in [0, 0.05) is 55.6 Å². The van der Waals surface area contributed by atoms with Crippen molar-refractivity contribution in [2.45, 2.75) is 39.8 Å². The molecule has 196 valence electrons. The number of aromatic hydroxyl groups is 2. The van der Waals surface area contributed by atoms with Gasteiger partial charge in [0.1, 0.15) is 11.5 Å². The number of phenols is 2. The third kappa shape index (κ3) is 6.74. The molecule has 0 radical (unpaired) electrons. The monoisotopic (exact) mass is 503 g/mol. The maximum atomic E-state index is 13.1. The highest BCUT2D eigenvalue weighted by molar-refractivity contribution is 5.94. The van der Waals surface area contributed by atoms with Crippen molar-refractivity contribution in [1.29, 1.82) is 0 Å². The third-order valence-corrected chi connectivity index (χ3v) is 6.91. The van der Waals surface area contributed by atoms with Gasteiger partial charge in [-0.25, -0.2) is 0 Å². The summed E-state index contributed by atoms with van der Waals surface area (Å²) in [5.41, 5.74) is 2.58. The van der Waals surface area contributed by atoms with E-state index in [-0.39, 0.29) is 29.4 Å². The topological polar surface area (TPSA) is 85.3 Å². The number of piperazine rings is 1. The fourth-order valence-electron chi connectivity index (χ4n) is 4.71. The van der Waals surface area contributed by atoms with Crippen molar-refractivity contribution in [2.24, 2.45) is 5.92 Å². The molecule has 7 nitrogen and oxygen atoms in total. The second-order valence-corrected chi connectivity index (χ2v) is 10.2. The van der Waals surface area contributed by atoms with Crippen LogP contribution in [-0.2, 0) is 0 Å². The number of phenolic OH excluding ortho intramolecular Hbond substituents is 2. The number of ether oxygens (including phenoxy) is 1. The minimum atomic E-state index is -0.116. The van der Waals surface area contributed by atoms with Crippen molar-refractivity contribution in [3.8, 4) is 23.0 Å². The molecule has 37 heavy (non-hydrogen) atoms. The number of hydrogen-bond acceptors (Lipinski definition) is 6. The van der Waals surface area contributed by atoms with Gasteiger partial charge in [-0.15, -0.1) is 0 Å². The van der Waals surface area contributed by atoms with Crippen LogP contribution in [0.4, 0.5) is 5.69 Å². The molecule has 0 spiro atoms. The molecule has 2 atom stereocenters. The average molecular weight is 504 g/mol. The van der Waals surface area contributed by atoms with Gasteiger partial charge in [0.05, 0.1) is 0 Å². The van der Waals surface area contributed by atoms with E-state index in [0.29, 0.717) is 23.1 Å². The van der Waals surface area contributed by atoms with Crippen molar-refractivity contribution in [3.05, 3.63) is 77.9 Å². The summed E-state index contributed by atoms with van der Waals surface area (Å²) in [6, 6.07) is 19.9. The lowest BCUT2D eigenvalue weighted by atomic mass is 10.0.